The smallest absolute Gasteiger partial charge is 0.329 e. The van der Waals surface area contributed by atoms with E-state index in [0.29, 0.717) is 24.9 Å². The summed E-state index contributed by atoms with van der Waals surface area (Å²) in [5.41, 5.74) is -0.950. The number of likely N-dealkylation sites (tertiary alicyclic amines) is 1. The molecule has 1 aliphatic heterocycles. The Balaban J connectivity index is 2.10. The van der Waals surface area contributed by atoms with Gasteiger partial charge in [-0.2, -0.15) is 0 Å². The average Bonchev–Trinajstić information content (AvgIpc) is 2.60. The molecule has 1 aliphatic rings. The minimum absolute atomic E-state index is 0.231. The van der Waals surface area contributed by atoms with Crippen LogP contribution in [0, 0.1) is 11.7 Å². The van der Waals surface area contributed by atoms with Crippen molar-refractivity contribution < 1.29 is 23.9 Å². The van der Waals surface area contributed by atoms with Gasteiger partial charge < -0.3 is 14.9 Å². The molecular formula is C18H23FN2O4. The SMILES string of the molecule is CN(C(=O)C1CCCN(C(=O)c2ccc(F)cc2)C1)C(C)(C)C(=O)O. The van der Waals surface area contributed by atoms with Crippen LogP contribution in [0.2, 0.25) is 0 Å². The minimum Gasteiger partial charge on any atom is -0.480 e. The number of likely N-dealkylation sites (N-methyl/N-ethyl adjacent to an activating group) is 1. The molecular weight excluding hydrogens is 327 g/mol. The molecule has 0 radical (unpaired) electrons. The third-order valence-corrected chi connectivity index (χ3v) is 4.84. The molecule has 0 saturated carbocycles. The summed E-state index contributed by atoms with van der Waals surface area (Å²) < 4.78 is 13.0. The third kappa shape index (κ3) is 3.97. The number of halogens is 1. The van der Waals surface area contributed by atoms with Crippen molar-refractivity contribution in [3.05, 3.63) is 35.6 Å². The zero-order chi connectivity index (χ0) is 18.8. The monoisotopic (exact) mass is 350 g/mol. The fourth-order valence-electron chi connectivity index (χ4n) is 2.83. The number of carbonyl (C=O) groups is 3. The summed E-state index contributed by atoms with van der Waals surface area (Å²) in [5, 5.41) is 9.28. The van der Waals surface area contributed by atoms with Crippen molar-refractivity contribution in [3.63, 3.8) is 0 Å². The van der Waals surface area contributed by atoms with Crippen molar-refractivity contribution in [2.24, 2.45) is 5.92 Å². The summed E-state index contributed by atoms with van der Waals surface area (Å²) in [7, 11) is 1.47. The van der Waals surface area contributed by atoms with E-state index in [9.17, 15) is 23.9 Å². The van der Waals surface area contributed by atoms with Crippen LogP contribution in [-0.4, -0.2) is 58.4 Å². The molecule has 0 aromatic heterocycles. The average molecular weight is 350 g/mol. The van der Waals surface area contributed by atoms with E-state index in [1.165, 1.54) is 50.1 Å². The van der Waals surface area contributed by atoms with Crippen molar-refractivity contribution in [2.75, 3.05) is 20.1 Å². The van der Waals surface area contributed by atoms with E-state index in [4.69, 9.17) is 0 Å². The lowest BCUT2D eigenvalue weighted by Crippen LogP contribution is -2.55. The summed E-state index contributed by atoms with van der Waals surface area (Å²) in [5.74, 6) is -2.48. The summed E-state index contributed by atoms with van der Waals surface area (Å²) in [6.45, 7) is 3.69. The highest BCUT2D eigenvalue weighted by Gasteiger charge is 2.39. The van der Waals surface area contributed by atoms with Gasteiger partial charge in [0.1, 0.15) is 11.4 Å². The number of carbonyl (C=O) groups excluding carboxylic acids is 2. The minimum atomic E-state index is -1.32. The van der Waals surface area contributed by atoms with Crippen molar-refractivity contribution in [1.29, 1.82) is 0 Å². The normalized spacial score (nSPS) is 17.9. The topological polar surface area (TPSA) is 77.9 Å². The van der Waals surface area contributed by atoms with Gasteiger partial charge in [0.15, 0.2) is 0 Å². The maximum Gasteiger partial charge on any atom is 0.329 e. The van der Waals surface area contributed by atoms with Crippen LogP contribution in [-0.2, 0) is 9.59 Å². The zero-order valence-electron chi connectivity index (χ0n) is 14.7. The van der Waals surface area contributed by atoms with E-state index < -0.39 is 23.2 Å². The van der Waals surface area contributed by atoms with Crippen LogP contribution in [0.15, 0.2) is 24.3 Å². The van der Waals surface area contributed by atoms with E-state index in [-0.39, 0.29) is 18.4 Å². The van der Waals surface area contributed by atoms with Gasteiger partial charge in [0.2, 0.25) is 5.91 Å². The number of aliphatic carboxylic acids is 1. The Morgan fingerprint density at radius 2 is 1.84 bits per heavy atom. The molecule has 6 nitrogen and oxygen atoms in total. The van der Waals surface area contributed by atoms with Crippen LogP contribution in [0.4, 0.5) is 4.39 Å². The molecule has 1 N–H and O–H groups in total. The Labute approximate surface area is 146 Å². The number of carboxylic acids is 1. The molecule has 136 valence electrons. The largest absolute Gasteiger partial charge is 0.480 e. The number of hydrogen-bond acceptors (Lipinski definition) is 3. The van der Waals surface area contributed by atoms with Crippen molar-refractivity contribution >= 4 is 17.8 Å². The fourth-order valence-corrected chi connectivity index (χ4v) is 2.83. The second-order valence-electron chi connectivity index (χ2n) is 6.86. The van der Waals surface area contributed by atoms with Gasteiger partial charge in [-0.15, -0.1) is 0 Å². The van der Waals surface area contributed by atoms with Crippen LogP contribution in [0.3, 0.4) is 0 Å². The second-order valence-corrected chi connectivity index (χ2v) is 6.86. The first-order valence-electron chi connectivity index (χ1n) is 8.20. The molecule has 1 aromatic carbocycles. The van der Waals surface area contributed by atoms with Crippen LogP contribution >= 0.6 is 0 Å². The van der Waals surface area contributed by atoms with Gasteiger partial charge >= 0.3 is 5.97 Å². The molecule has 25 heavy (non-hydrogen) atoms. The van der Waals surface area contributed by atoms with Gasteiger partial charge in [-0.05, 0) is 51.0 Å². The number of hydrogen-bond donors (Lipinski definition) is 1. The molecule has 1 unspecified atom stereocenters. The summed E-state index contributed by atoms with van der Waals surface area (Å²) >= 11 is 0. The number of nitrogens with zero attached hydrogens (tertiary/aromatic N) is 2. The molecule has 2 rings (SSSR count). The molecule has 1 atom stereocenters. The maximum atomic E-state index is 13.0. The highest BCUT2D eigenvalue weighted by Crippen LogP contribution is 2.24. The van der Waals surface area contributed by atoms with Gasteiger partial charge in [0.05, 0.1) is 5.92 Å². The van der Waals surface area contributed by atoms with Crippen molar-refractivity contribution in [3.8, 4) is 0 Å². The number of carboxylic acid groups (broad SMARTS) is 1. The first kappa shape index (κ1) is 18.9. The second kappa shape index (κ2) is 7.21. The van der Waals surface area contributed by atoms with Gasteiger partial charge in [-0.25, -0.2) is 9.18 Å². The molecule has 1 heterocycles. The molecule has 2 amide bonds. The number of piperidine rings is 1. The van der Waals surface area contributed by atoms with Crippen molar-refractivity contribution in [1.82, 2.24) is 9.80 Å². The third-order valence-electron chi connectivity index (χ3n) is 4.84. The molecule has 7 heteroatoms. The van der Waals surface area contributed by atoms with Crippen LogP contribution in [0.25, 0.3) is 0 Å². The molecule has 1 aromatic rings. The standard InChI is InChI=1S/C18H23FN2O4/c1-18(2,17(24)25)20(3)15(22)13-5-4-10-21(11-13)16(23)12-6-8-14(19)9-7-12/h6-9,13H,4-5,10-11H2,1-3H3,(H,24,25). The summed E-state index contributed by atoms with van der Waals surface area (Å²) in [6, 6.07) is 5.29. The molecule has 1 fully saturated rings. The molecule has 0 spiro atoms. The molecule has 1 saturated heterocycles. The zero-order valence-corrected chi connectivity index (χ0v) is 14.7. The molecule has 0 bridgehead atoms. The number of benzene rings is 1. The lowest BCUT2D eigenvalue weighted by atomic mass is 9.93. The van der Waals surface area contributed by atoms with E-state index in [1.807, 2.05) is 0 Å². The lowest BCUT2D eigenvalue weighted by molar-refractivity contribution is -0.157. The summed E-state index contributed by atoms with van der Waals surface area (Å²) in [4.78, 5) is 39.4. The van der Waals surface area contributed by atoms with E-state index >= 15 is 0 Å². The van der Waals surface area contributed by atoms with Crippen molar-refractivity contribution in [2.45, 2.75) is 32.2 Å². The quantitative estimate of drug-likeness (QED) is 0.901. The Morgan fingerprint density at radius 1 is 1.24 bits per heavy atom. The first-order chi connectivity index (χ1) is 11.6. The van der Waals surface area contributed by atoms with E-state index in [0.717, 1.165) is 0 Å². The Morgan fingerprint density at radius 3 is 2.40 bits per heavy atom. The number of amides is 2. The lowest BCUT2D eigenvalue weighted by Gasteiger charge is -2.38. The fraction of sp³-hybridized carbons (Fsp3) is 0.500. The predicted octanol–water partition coefficient (Wildman–Crippen LogP) is 2.00. The van der Waals surface area contributed by atoms with Gasteiger partial charge in [-0.3, -0.25) is 9.59 Å². The molecule has 0 aliphatic carbocycles. The van der Waals surface area contributed by atoms with Gasteiger partial charge in [0, 0.05) is 25.7 Å². The van der Waals surface area contributed by atoms with Gasteiger partial charge in [0.25, 0.3) is 5.91 Å². The Bertz CT molecular complexity index is 672. The highest BCUT2D eigenvalue weighted by molar-refractivity contribution is 5.95. The Hall–Kier alpha value is -2.44. The van der Waals surface area contributed by atoms with Crippen LogP contribution in [0.1, 0.15) is 37.0 Å². The summed E-state index contributed by atoms with van der Waals surface area (Å²) in [6.07, 6.45) is 1.26. The van der Waals surface area contributed by atoms with E-state index in [1.54, 1.807) is 4.90 Å². The van der Waals surface area contributed by atoms with Crippen LogP contribution in [0.5, 0.6) is 0 Å². The highest BCUT2D eigenvalue weighted by atomic mass is 19.1. The Kier molecular flexibility index (Phi) is 5.45. The van der Waals surface area contributed by atoms with E-state index in [2.05, 4.69) is 0 Å². The first-order valence-corrected chi connectivity index (χ1v) is 8.20. The number of rotatable bonds is 4. The van der Waals surface area contributed by atoms with Gasteiger partial charge in [-0.1, -0.05) is 0 Å². The van der Waals surface area contributed by atoms with Crippen LogP contribution < -0.4 is 0 Å². The maximum absolute atomic E-state index is 13.0. The predicted molar refractivity (Wildman–Crippen MR) is 89.5 cm³/mol.